The molecule has 0 saturated heterocycles. The van der Waals surface area contributed by atoms with Gasteiger partial charge in [0.2, 0.25) is 0 Å². The fourth-order valence-electron chi connectivity index (χ4n) is 1.77. The van der Waals surface area contributed by atoms with Gasteiger partial charge in [-0.25, -0.2) is 0 Å². The fraction of sp³-hybridized carbons (Fsp3) is 0.462. The molecule has 0 spiro atoms. The van der Waals surface area contributed by atoms with Crippen LogP contribution in [0, 0.1) is 11.5 Å². The lowest BCUT2D eigenvalue weighted by Gasteiger charge is -2.26. The number of hydrogen-bond acceptors (Lipinski definition) is 2. The van der Waals surface area contributed by atoms with E-state index in [1.54, 1.807) is 12.2 Å². The van der Waals surface area contributed by atoms with Crippen LogP contribution in [-0.4, -0.2) is 25.6 Å². The number of ether oxygens (including phenoxy) is 1. The number of carbonyl (C=O) groups excluding carboxylic acids is 1. The Morgan fingerprint density at radius 2 is 2.19 bits per heavy atom. The van der Waals surface area contributed by atoms with Gasteiger partial charge in [-0.2, -0.15) is 0 Å². The predicted molar refractivity (Wildman–Crippen MR) is 66.6 cm³/mol. The molecular formula is C13H16O2Si. The van der Waals surface area contributed by atoms with E-state index >= 15 is 0 Å². The number of ketones is 1. The lowest BCUT2D eigenvalue weighted by atomic mass is 9.94. The Morgan fingerprint density at radius 3 is 2.88 bits per heavy atom. The van der Waals surface area contributed by atoms with Gasteiger partial charge in [0.15, 0.2) is 11.4 Å². The van der Waals surface area contributed by atoms with Gasteiger partial charge in [0, 0.05) is 6.42 Å². The van der Waals surface area contributed by atoms with Crippen LogP contribution >= 0.6 is 0 Å². The molecule has 2 aliphatic rings. The Labute approximate surface area is 97.4 Å². The zero-order valence-corrected chi connectivity index (χ0v) is 10.9. The molecule has 2 bridgehead atoms. The zero-order valence-electron chi connectivity index (χ0n) is 9.91. The summed E-state index contributed by atoms with van der Waals surface area (Å²) in [6.45, 7) is 6.57. The van der Waals surface area contributed by atoms with Crippen molar-refractivity contribution in [1.82, 2.24) is 0 Å². The van der Waals surface area contributed by atoms with E-state index in [0.29, 0.717) is 6.42 Å². The molecule has 2 unspecified atom stereocenters. The van der Waals surface area contributed by atoms with Crippen LogP contribution in [-0.2, 0) is 9.53 Å². The van der Waals surface area contributed by atoms with Crippen molar-refractivity contribution >= 4 is 13.9 Å². The standard InChI is InChI=1S/C13H16O2Si/c1-16(2,3)10-4-8-13-9-7-11(15-13)5-6-12(13)14/h5-7,9,11H,8H2,1-3H3. The SMILES string of the molecule is C[Si](C)(C)C#CCC12C=CC(C=CC1=O)O2. The highest BCUT2D eigenvalue weighted by atomic mass is 28.3. The van der Waals surface area contributed by atoms with Crippen molar-refractivity contribution in [2.45, 2.75) is 37.8 Å². The minimum absolute atomic E-state index is 0.0161. The van der Waals surface area contributed by atoms with E-state index in [9.17, 15) is 4.79 Å². The van der Waals surface area contributed by atoms with E-state index in [1.165, 1.54) is 0 Å². The third kappa shape index (κ3) is 2.18. The fourth-order valence-corrected chi connectivity index (χ4v) is 2.39. The van der Waals surface area contributed by atoms with Gasteiger partial charge >= 0.3 is 0 Å². The van der Waals surface area contributed by atoms with Crippen molar-refractivity contribution < 1.29 is 9.53 Å². The number of fused-ring (bicyclic) bond motifs is 2. The van der Waals surface area contributed by atoms with Crippen molar-refractivity contribution in [3.05, 3.63) is 24.3 Å². The molecule has 2 atom stereocenters. The van der Waals surface area contributed by atoms with E-state index in [0.717, 1.165) is 0 Å². The Bertz CT molecular complexity index is 431. The van der Waals surface area contributed by atoms with Crippen LogP contribution in [0.5, 0.6) is 0 Å². The van der Waals surface area contributed by atoms with Gasteiger partial charge in [0.05, 0.1) is 6.10 Å². The third-order valence-electron chi connectivity index (χ3n) is 2.57. The van der Waals surface area contributed by atoms with Gasteiger partial charge in [-0.05, 0) is 18.2 Å². The van der Waals surface area contributed by atoms with Crippen molar-refractivity contribution in [3.8, 4) is 11.5 Å². The van der Waals surface area contributed by atoms with Crippen molar-refractivity contribution in [2.24, 2.45) is 0 Å². The zero-order chi connectivity index (χ0) is 11.8. The van der Waals surface area contributed by atoms with E-state index in [4.69, 9.17) is 4.74 Å². The molecule has 2 aliphatic heterocycles. The molecule has 0 aromatic heterocycles. The van der Waals surface area contributed by atoms with Crippen LogP contribution in [0.3, 0.4) is 0 Å². The predicted octanol–water partition coefficient (Wildman–Crippen LogP) is 2.09. The largest absolute Gasteiger partial charge is 0.350 e. The average Bonchev–Trinajstić information content (AvgIpc) is 2.51. The van der Waals surface area contributed by atoms with Crippen LogP contribution in [0.1, 0.15) is 6.42 Å². The van der Waals surface area contributed by atoms with Crippen LogP contribution in [0.15, 0.2) is 24.3 Å². The Balaban J connectivity index is 2.15. The van der Waals surface area contributed by atoms with E-state index in [1.807, 2.05) is 12.2 Å². The molecule has 0 amide bonds. The molecule has 2 heterocycles. The molecule has 0 radical (unpaired) electrons. The number of carbonyl (C=O) groups is 1. The van der Waals surface area contributed by atoms with Gasteiger partial charge < -0.3 is 4.74 Å². The molecule has 2 rings (SSSR count). The van der Waals surface area contributed by atoms with Crippen LogP contribution < -0.4 is 0 Å². The maximum atomic E-state index is 11.8. The highest BCUT2D eigenvalue weighted by Crippen LogP contribution is 2.32. The lowest BCUT2D eigenvalue weighted by Crippen LogP contribution is -2.39. The van der Waals surface area contributed by atoms with E-state index in [-0.39, 0.29) is 11.9 Å². The van der Waals surface area contributed by atoms with Gasteiger partial charge in [-0.3, -0.25) is 4.79 Å². The Morgan fingerprint density at radius 1 is 1.44 bits per heavy atom. The molecule has 0 aromatic carbocycles. The molecule has 0 N–H and O–H groups in total. The maximum Gasteiger partial charge on any atom is 0.192 e. The van der Waals surface area contributed by atoms with Crippen molar-refractivity contribution in [3.63, 3.8) is 0 Å². The Hall–Kier alpha value is -1.11. The quantitative estimate of drug-likeness (QED) is 0.393. The van der Waals surface area contributed by atoms with E-state index < -0.39 is 13.7 Å². The average molecular weight is 232 g/mol. The smallest absolute Gasteiger partial charge is 0.192 e. The van der Waals surface area contributed by atoms with Gasteiger partial charge in [0.1, 0.15) is 8.07 Å². The van der Waals surface area contributed by atoms with Crippen LogP contribution in [0.25, 0.3) is 0 Å². The highest BCUT2D eigenvalue weighted by Gasteiger charge is 2.42. The Kier molecular flexibility index (Phi) is 2.65. The first-order valence-corrected chi connectivity index (χ1v) is 9.01. The summed E-state index contributed by atoms with van der Waals surface area (Å²) in [6, 6.07) is 0. The van der Waals surface area contributed by atoms with E-state index in [2.05, 4.69) is 31.1 Å². The highest BCUT2D eigenvalue weighted by molar-refractivity contribution is 6.83. The number of hydrogen-bond donors (Lipinski definition) is 0. The topological polar surface area (TPSA) is 26.3 Å². The monoisotopic (exact) mass is 232 g/mol. The summed E-state index contributed by atoms with van der Waals surface area (Å²) in [5.74, 6) is 3.14. The first kappa shape index (κ1) is 11.4. The summed E-state index contributed by atoms with van der Waals surface area (Å²) in [7, 11) is -1.37. The minimum atomic E-state index is -1.37. The summed E-state index contributed by atoms with van der Waals surface area (Å²) >= 11 is 0. The lowest BCUT2D eigenvalue weighted by molar-refractivity contribution is -0.134. The second-order valence-electron chi connectivity index (χ2n) is 5.28. The summed E-state index contributed by atoms with van der Waals surface area (Å²) < 4.78 is 5.68. The van der Waals surface area contributed by atoms with Crippen molar-refractivity contribution in [1.29, 1.82) is 0 Å². The second kappa shape index (κ2) is 3.72. The van der Waals surface area contributed by atoms with Gasteiger partial charge in [-0.15, -0.1) is 11.5 Å². The molecule has 16 heavy (non-hydrogen) atoms. The molecule has 0 aliphatic carbocycles. The first-order valence-electron chi connectivity index (χ1n) is 5.51. The molecule has 2 nitrogen and oxygen atoms in total. The molecule has 84 valence electrons. The molecule has 0 fully saturated rings. The summed E-state index contributed by atoms with van der Waals surface area (Å²) in [5, 5.41) is 0. The molecule has 0 aromatic rings. The third-order valence-corrected chi connectivity index (χ3v) is 3.50. The number of rotatable bonds is 1. The van der Waals surface area contributed by atoms with Gasteiger partial charge in [0.25, 0.3) is 0 Å². The minimum Gasteiger partial charge on any atom is -0.350 e. The molecular weight excluding hydrogens is 216 g/mol. The molecule has 0 saturated carbocycles. The van der Waals surface area contributed by atoms with Gasteiger partial charge in [-0.1, -0.05) is 25.7 Å². The molecule has 3 heteroatoms. The van der Waals surface area contributed by atoms with Crippen LogP contribution in [0.2, 0.25) is 19.6 Å². The van der Waals surface area contributed by atoms with Crippen LogP contribution in [0.4, 0.5) is 0 Å². The second-order valence-corrected chi connectivity index (χ2v) is 10.0. The van der Waals surface area contributed by atoms with Crippen molar-refractivity contribution in [2.75, 3.05) is 0 Å². The maximum absolute atomic E-state index is 11.8. The normalized spacial score (nSPS) is 31.4. The summed E-state index contributed by atoms with van der Waals surface area (Å²) in [4.78, 5) is 11.8. The summed E-state index contributed by atoms with van der Waals surface area (Å²) in [5.41, 5.74) is 2.48. The summed E-state index contributed by atoms with van der Waals surface area (Å²) in [6.07, 6.45) is 7.64. The first-order chi connectivity index (χ1) is 7.41.